The lowest BCUT2D eigenvalue weighted by Crippen LogP contribution is -2.11. The van der Waals surface area contributed by atoms with E-state index in [1.165, 1.54) is 0 Å². The van der Waals surface area contributed by atoms with Gasteiger partial charge in [0.2, 0.25) is 5.88 Å². The summed E-state index contributed by atoms with van der Waals surface area (Å²) in [5.41, 5.74) is 9.04. The van der Waals surface area contributed by atoms with Crippen molar-refractivity contribution in [1.82, 2.24) is 14.8 Å². The van der Waals surface area contributed by atoms with Crippen LogP contribution in [0.1, 0.15) is 42.7 Å². The molecule has 3 N–H and O–H groups in total. The molecule has 0 radical (unpaired) electrons. The van der Waals surface area contributed by atoms with Crippen LogP contribution in [0.2, 0.25) is 0 Å². The minimum atomic E-state index is -0.746. The molecule has 0 aliphatic carbocycles. The number of rotatable bonds is 8. The summed E-state index contributed by atoms with van der Waals surface area (Å²) in [7, 11) is 1.83. The zero-order valence-electron chi connectivity index (χ0n) is 16.7. The van der Waals surface area contributed by atoms with Gasteiger partial charge in [-0.1, -0.05) is 19.4 Å². The van der Waals surface area contributed by atoms with Crippen molar-refractivity contribution >= 4 is 0 Å². The standard InChI is InChI=1S/C22H25N5O2/c1-3-4-5-17-11-22(27(2)26-17)29-21-10-15(12-23)6-8-18(21)19-9-7-16(14-25-19)20(28)13-24/h6-11,14,20,28H,3-5,13,24H2,1-2H3. The Balaban J connectivity index is 1.94. The molecule has 0 saturated carbocycles. The highest BCUT2D eigenvalue weighted by Crippen LogP contribution is 2.34. The van der Waals surface area contributed by atoms with Gasteiger partial charge in [0.05, 0.1) is 29.1 Å². The van der Waals surface area contributed by atoms with Crippen LogP contribution in [0.15, 0.2) is 42.6 Å². The average molecular weight is 391 g/mol. The Hall–Kier alpha value is -3.21. The first-order chi connectivity index (χ1) is 14.0. The van der Waals surface area contributed by atoms with E-state index in [0.717, 1.165) is 30.5 Å². The first kappa shape index (κ1) is 20.5. The Morgan fingerprint density at radius 3 is 2.76 bits per heavy atom. The molecule has 0 aliphatic rings. The van der Waals surface area contributed by atoms with Gasteiger partial charge in [-0.3, -0.25) is 4.98 Å². The molecule has 1 unspecified atom stereocenters. The third-order valence-electron chi connectivity index (χ3n) is 4.67. The van der Waals surface area contributed by atoms with Crippen molar-refractivity contribution in [2.45, 2.75) is 32.3 Å². The second kappa shape index (κ2) is 9.32. The third kappa shape index (κ3) is 4.80. The number of nitrogens with zero attached hydrogens (tertiary/aromatic N) is 4. The molecule has 0 saturated heterocycles. The van der Waals surface area contributed by atoms with Crippen LogP contribution in [-0.4, -0.2) is 26.4 Å². The fraction of sp³-hybridized carbons (Fsp3) is 0.318. The van der Waals surface area contributed by atoms with Gasteiger partial charge in [-0.25, -0.2) is 4.68 Å². The van der Waals surface area contributed by atoms with Crippen LogP contribution in [-0.2, 0) is 13.5 Å². The van der Waals surface area contributed by atoms with Gasteiger partial charge in [0.1, 0.15) is 5.75 Å². The summed E-state index contributed by atoms with van der Waals surface area (Å²) in [5, 5.41) is 23.7. The first-order valence-corrected chi connectivity index (χ1v) is 9.65. The molecular formula is C22H25N5O2. The summed E-state index contributed by atoms with van der Waals surface area (Å²) in [6, 6.07) is 12.9. The Morgan fingerprint density at radius 1 is 1.28 bits per heavy atom. The number of nitrogens with two attached hydrogens (primary N) is 1. The molecule has 2 heterocycles. The number of aliphatic hydroxyl groups is 1. The molecule has 150 valence electrons. The van der Waals surface area contributed by atoms with Gasteiger partial charge in [-0.2, -0.15) is 10.4 Å². The minimum absolute atomic E-state index is 0.132. The summed E-state index contributed by atoms with van der Waals surface area (Å²) in [6.07, 6.45) is 3.91. The number of hydrogen-bond donors (Lipinski definition) is 2. The first-order valence-electron chi connectivity index (χ1n) is 9.65. The Bertz CT molecular complexity index is 1010. The molecule has 0 bridgehead atoms. The number of aryl methyl sites for hydroxylation is 2. The van der Waals surface area contributed by atoms with Crippen LogP contribution in [0.4, 0.5) is 0 Å². The predicted molar refractivity (Wildman–Crippen MR) is 110 cm³/mol. The summed E-state index contributed by atoms with van der Waals surface area (Å²) < 4.78 is 7.83. The lowest BCUT2D eigenvalue weighted by molar-refractivity contribution is 0.186. The van der Waals surface area contributed by atoms with E-state index in [9.17, 15) is 10.4 Å². The smallest absolute Gasteiger partial charge is 0.217 e. The molecule has 0 aliphatic heterocycles. The number of hydrogen-bond acceptors (Lipinski definition) is 6. The Labute approximate surface area is 170 Å². The van der Waals surface area contributed by atoms with E-state index in [4.69, 9.17) is 10.5 Å². The molecule has 2 aromatic heterocycles. The number of ether oxygens (including phenoxy) is 1. The molecule has 1 atom stereocenters. The lowest BCUT2D eigenvalue weighted by atomic mass is 10.1. The third-order valence-corrected chi connectivity index (χ3v) is 4.67. The number of benzene rings is 1. The van der Waals surface area contributed by atoms with Crippen molar-refractivity contribution in [2.75, 3.05) is 6.54 Å². The topological polar surface area (TPSA) is 110 Å². The van der Waals surface area contributed by atoms with E-state index in [0.29, 0.717) is 28.5 Å². The number of aliphatic hydroxyl groups excluding tert-OH is 1. The van der Waals surface area contributed by atoms with Gasteiger partial charge >= 0.3 is 0 Å². The average Bonchev–Trinajstić information content (AvgIpc) is 3.10. The van der Waals surface area contributed by atoms with E-state index >= 15 is 0 Å². The minimum Gasteiger partial charge on any atom is -0.439 e. The second-order valence-electron chi connectivity index (χ2n) is 6.85. The van der Waals surface area contributed by atoms with Gasteiger partial charge in [0.25, 0.3) is 0 Å². The highest BCUT2D eigenvalue weighted by molar-refractivity contribution is 5.69. The maximum Gasteiger partial charge on any atom is 0.217 e. The van der Waals surface area contributed by atoms with Crippen LogP contribution >= 0.6 is 0 Å². The van der Waals surface area contributed by atoms with Crippen molar-refractivity contribution in [3.8, 4) is 29.0 Å². The zero-order chi connectivity index (χ0) is 20.8. The second-order valence-corrected chi connectivity index (χ2v) is 6.85. The van der Waals surface area contributed by atoms with Gasteiger partial charge < -0.3 is 15.6 Å². The zero-order valence-corrected chi connectivity index (χ0v) is 16.7. The van der Waals surface area contributed by atoms with Crippen molar-refractivity contribution in [2.24, 2.45) is 12.8 Å². The summed E-state index contributed by atoms with van der Waals surface area (Å²) in [4.78, 5) is 4.44. The highest BCUT2D eigenvalue weighted by atomic mass is 16.5. The fourth-order valence-electron chi connectivity index (χ4n) is 2.98. The number of nitriles is 1. The van der Waals surface area contributed by atoms with Crippen molar-refractivity contribution in [3.05, 3.63) is 59.4 Å². The number of aromatic nitrogens is 3. The number of unbranched alkanes of at least 4 members (excludes halogenated alkanes) is 1. The summed E-state index contributed by atoms with van der Waals surface area (Å²) in [5.74, 6) is 1.12. The molecule has 7 nitrogen and oxygen atoms in total. The van der Waals surface area contributed by atoms with Crippen molar-refractivity contribution in [1.29, 1.82) is 5.26 Å². The van der Waals surface area contributed by atoms with E-state index in [2.05, 4.69) is 23.1 Å². The molecule has 7 heteroatoms. The Morgan fingerprint density at radius 2 is 2.10 bits per heavy atom. The predicted octanol–water partition coefficient (Wildman–Crippen LogP) is 3.48. The van der Waals surface area contributed by atoms with E-state index in [-0.39, 0.29) is 6.54 Å². The van der Waals surface area contributed by atoms with Crippen LogP contribution in [0.25, 0.3) is 11.3 Å². The molecule has 1 aromatic carbocycles. The van der Waals surface area contributed by atoms with Crippen LogP contribution < -0.4 is 10.5 Å². The van der Waals surface area contributed by atoms with Gasteiger partial charge in [0, 0.05) is 37.0 Å². The highest BCUT2D eigenvalue weighted by Gasteiger charge is 2.14. The van der Waals surface area contributed by atoms with Crippen LogP contribution in [0.5, 0.6) is 11.6 Å². The van der Waals surface area contributed by atoms with E-state index in [1.807, 2.05) is 19.2 Å². The maximum atomic E-state index is 9.87. The Kier molecular flexibility index (Phi) is 6.60. The molecule has 3 aromatic rings. The lowest BCUT2D eigenvalue weighted by Gasteiger charge is -2.12. The number of pyridine rings is 1. The molecular weight excluding hydrogens is 366 g/mol. The summed E-state index contributed by atoms with van der Waals surface area (Å²) in [6.45, 7) is 2.28. The SMILES string of the molecule is CCCCc1cc(Oc2cc(C#N)ccc2-c2ccc(C(O)CN)cn2)n(C)n1. The molecule has 0 fully saturated rings. The van der Waals surface area contributed by atoms with E-state index < -0.39 is 6.10 Å². The molecule has 3 rings (SSSR count). The largest absolute Gasteiger partial charge is 0.439 e. The fourth-order valence-corrected chi connectivity index (χ4v) is 2.98. The maximum absolute atomic E-state index is 9.87. The van der Waals surface area contributed by atoms with Gasteiger partial charge in [0.15, 0.2) is 0 Å². The molecule has 0 spiro atoms. The van der Waals surface area contributed by atoms with Gasteiger partial charge in [-0.05, 0) is 37.1 Å². The molecule has 0 amide bonds. The van der Waals surface area contributed by atoms with Gasteiger partial charge in [-0.15, -0.1) is 0 Å². The normalized spacial score (nSPS) is 11.8. The van der Waals surface area contributed by atoms with Crippen molar-refractivity contribution < 1.29 is 9.84 Å². The monoisotopic (exact) mass is 391 g/mol. The molecule has 29 heavy (non-hydrogen) atoms. The van der Waals surface area contributed by atoms with Crippen LogP contribution in [0.3, 0.4) is 0 Å². The summed E-state index contributed by atoms with van der Waals surface area (Å²) >= 11 is 0. The van der Waals surface area contributed by atoms with Crippen molar-refractivity contribution in [3.63, 3.8) is 0 Å². The van der Waals surface area contributed by atoms with E-state index in [1.54, 1.807) is 35.1 Å². The quantitative estimate of drug-likeness (QED) is 0.608. The van der Waals surface area contributed by atoms with Crippen LogP contribution in [0, 0.1) is 11.3 Å².